The Bertz CT molecular complexity index is 1160. The van der Waals surface area contributed by atoms with Crippen molar-refractivity contribution in [3.63, 3.8) is 0 Å². The van der Waals surface area contributed by atoms with Crippen molar-refractivity contribution >= 4 is 22.3 Å². The molecule has 0 aliphatic heterocycles. The number of fused-ring (bicyclic) bond motifs is 1. The minimum absolute atomic E-state index is 0.00170. The molecule has 1 heterocycles. The number of aromatic nitrogens is 2. The Labute approximate surface area is 170 Å². The number of hydrogen-bond donors (Lipinski definition) is 2. The van der Waals surface area contributed by atoms with Crippen molar-refractivity contribution in [2.75, 3.05) is 25.3 Å². The van der Waals surface area contributed by atoms with E-state index in [0.29, 0.717) is 33.7 Å². The van der Waals surface area contributed by atoms with Gasteiger partial charge in [-0.3, -0.25) is 4.79 Å². The highest BCUT2D eigenvalue weighted by Crippen LogP contribution is 2.36. The second-order valence-electron chi connectivity index (χ2n) is 6.78. The second kappa shape index (κ2) is 7.77. The molecule has 2 aromatic carbocycles. The van der Waals surface area contributed by atoms with Crippen molar-refractivity contribution in [2.45, 2.75) is 19.1 Å². The second-order valence-corrected chi connectivity index (χ2v) is 6.78. The summed E-state index contributed by atoms with van der Waals surface area (Å²) in [6.45, 7) is 1.67. The van der Waals surface area contributed by atoms with Crippen LogP contribution in [-0.2, 0) is 13.2 Å². The lowest BCUT2D eigenvalue weighted by atomic mass is 10.0. The van der Waals surface area contributed by atoms with Crippen LogP contribution >= 0.6 is 0 Å². The lowest BCUT2D eigenvalue weighted by molar-refractivity contribution is -0.137. The maximum absolute atomic E-state index is 13.1. The Morgan fingerprint density at radius 1 is 1.07 bits per heavy atom. The fourth-order valence-electron chi connectivity index (χ4n) is 3.16. The normalized spacial score (nSPS) is 12.6. The van der Waals surface area contributed by atoms with Gasteiger partial charge in [0.1, 0.15) is 0 Å². The van der Waals surface area contributed by atoms with Crippen molar-refractivity contribution in [1.82, 2.24) is 9.78 Å². The number of anilines is 2. The van der Waals surface area contributed by atoms with Gasteiger partial charge in [0.25, 0.3) is 5.56 Å². The quantitative estimate of drug-likeness (QED) is 0.609. The van der Waals surface area contributed by atoms with E-state index in [1.54, 1.807) is 13.0 Å². The monoisotopic (exact) mass is 422 g/mol. The van der Waals surface area contributed by atoms with Gasteiger partial charge in [-0.2, -0.15) is 18.3 Å². The standard InChI is InChI=1S/C20H21F3N4O3/c1-10(11-5-12(20(21,22)23)7-13(24)6-11)25-18-14-8-16(29-3)17(30-4)9-15(14)19(28)27(2)26-18/h5-10H,24H2,1-4H3,(H,25,26)/t10-/m1/s1. The lowest BCUT2D eigenvalue weighted by Crippen LogP contribution is -2.22. The molecule has 0 bridgehead atoms. The first-order chi connectivity index (χ1) is 14.0. The molecule has 0 spiro atoms. The first-order valence-corrected chi connectivity index (χ1v) is 8.92. The van der Waals surface area contributed by atoms with Crippen LogP contribution in [0.2, 0.25) is 0 Å². The number of methoxy groups -OCH3 is 2. The van der Waals surface area contributed by atoms with E-state index >= 15 is 0 Å². The van der Waals surface area contributed by atoms with Gasteiger partial charge in [-0.25, -0.2) is 4.68 Å². The summed E-state index contributed by atoms with van der Waals surface area (Å²) in [4.78, 5) is 12.5. The van der Waals surface area contributed by atoms with Crippen molar-refractivity contribution in [1.29, 1.82) is 0 Å². The number of ether oxygens (including phenoxy) is 2. The molecule has 0 saturated carbocycles. The Kier molecular flexibility index (Phi) is 5.51. The number of aryl methyl sites for hydroxylation is 1. The predicted molar refractivity (Wildman–Crippen MR) is 108 cm³/mol. The van der Waals surface area contributed by atoms with Crippen molar-refractivity contribution in [3.8, 4) is 11.5 Å². The van der Waals surface area contributed by atoms with Gasteiger partial charge in [0.15, 0.2) is 17.3 Å². The van der Waals surface area contributed by atoms with Crippen LogP contribution in [0.25, 0.3) is 10.8 Å². The zero-order valence-electron chi connectivity index (χ0n) is 16.8. The van der Waals surface area contributed by atoms with Crippen LogP contribution in [0, 0.1) is 0 Å². The fraction of sp³-hybridized carbons (Fsp3) is 0.300. The third-order valence-corrected chi connectivity index (χ3v) is 4.71. The van der Waals surface area contributed by atoms with Crippen LogP contribution in [0.15, 0.2) is 35.1 Å². The molecule has 0 saturated heterocycles. The summed E-state index contributed by atoms with van der Waals surface area (Å²) < 4.78 is 51.1. The molecule has 0 amide bonds. The van der Waals surface area contributed by atoms with E-state index in [1.165, 1.54) is 33.4 Å². The molecule has 160 valence electrons. The molecule has 0 aliphatic carbocycles. The number of nitrogens with two attached hydrogens (primary N) is 1. The van der Waals surface area contributed by atoms with E-state index in [-0.39, 0.29) is 11.2 Å². The molecule has 30 heavy (non-hydrogen) atoms. The van der Waals surface area contributed by atoms with E-state index in [0.717, 1.165) is 16.8 Å². The van der Waals surface area contributed by atoms with E-state index in [4.69, 9.17) is 15.2 Å². The summed E-state index contributed by atoms with van der Waals surface area (Å²) in [5.41, 5.74) is 4.80. The SMILES string of the molecule is COc1cc2c(N[C@H](C)c3cc(N)cc(C(F)(F)F)c3)nn(C)c(=O)c2cc1OC. The molecule has 0 radical (unpaired) electrons. The third kappa shape index (κ3) is 3.98. The van der Waals surface area contributed by atoms with Crippen molar-refractivity contribution < 1.29 is 22.6 Å². The van der Waals surface area contributed by atoms with Gasteiger partial charge in [0, 0.05) is 18.1 Å². The smallest absolute Gasteiger partial charge is 0.416 e. The number of hydrogen-bond acceptors (Lipinski definition) is 6. The van der Waals surface area contributed by atoms with Crippen LogP contribution in [-0.4, -0.2) is 24.0 Å². The number of benzene rings is 2. The molecule has 1 aromatic heterocycles. The van der Waals surface area contributed by atoms with E-state index in [2.05, 4.69) is 10.4 Å². The number of nitrogens with zero attached hydrogens (tertiary/aromatic N) is 2. The van der Waals surface area contributed by atoms with Crippen LogP contribution in [0.1, 0.15) is 24.1 Å². The fourth-order valence-corrected chi connectivity index (χ4v) is 3.16. The highest BCUT2D eigenvalue weighted by atomic mass is 19.4. The average Bonchev–Trinajstić information content (AvgIpc) is 2.69. The van der Waals surface area contributed by atoms with Crippen LogP contribution in [0.5, 0.6) is 11.5 Å². The molecule has 3 aromatic rings. The summed E-state index contributed by atoms with van der Waals surface area (Å²) in [7, 11) is 4.39. The zero-order chi connectivity index (χ0) is 22.2. The molecule has 0 unspecified atom stereocenters. The van der Waals surface area contributed by atoms with Gasteiger partial charge in [-0.1, -0.05) is 0 Å². The van der Waals surface area contributed by atoms with Gasteiger partial charge in [0.05, 0.1) is 31.2 Å². The van der Waals surface area contributed by atoms with Crippen molar-refractivity contribution in [3.05, 3.63) is 51.8 Å². The number of halogens is 3. The van der Waals surface area contributed by atoms with Gasteiger partial charge >= 0.3 is 6.18 Å². The first-order valence-electron chi connectivity index (χ1n) is 8.92. The van der Waals surface area contributed by atoms with E-state index < -0.39 is 17.8 Å². The highest BCUT2D eigenvalue weighted by molar-refractivity contribution is 5.93. The number of nitrogens with one attached hydrogen (secondary N) is 1. The largest absolute Gasteiger partial charge is 0.493 e. The van der Waals surface area contributed by atoms with Crippen molar-refractivity contribution in [2.24, 2.45) is 7.05 Å². The molecular weight excluding hydrogens is 401 g/mol. The summed E-state index contributed by atoms with van der Waals surface area (Å²) in [6, 6.07) is 5.92. The predicted octanol–water partition coefficient (Wildman–Crippen LogP) is 3.72. The summed E-state index contributed by atoms with van der Waals surface area (Å²) in [5, 5.41) is 8.08. The Morgan fingerprint density at radius 2 is 1.67 bits per heavy atom. The van der Waals surface area contributed by atoms with Gasteiger partial charge < -0.3 is 20.5 Å². The van der Waals surface area contributed by atoms with E-state index in [1.807, 2.05) is 0 Å². The van der Waals surface area contributed by atoms with E-state index in [9.17, 15) is 18.0 Å². The molecule has 0 aliphatic rings. The molecule has 0 fully saturated rings. The summed E-state index contributed by atoms with van der Waals surface area (Å²) in [5.74, 6) is 1.06. The van der Waals surface area contributed by atoms with Gasteiger partial charge in [-0.15, -0.1) is 0 Å². The number of nitrogen functional groups attached to an aromatic ring is 1. The molecule has 10 heteroatoms. The molecule has 3 rings (SSSR count). The third-order valence-electron chi connectivity index (χ3n) is 4.71. The Morgan fingerprint density at radius 3 is 2.23 bits per heavy atom. The number of rotatable bonds is 5. The summed E-state index contributed by atoms with van der Waals surface area (Å²) >= 11 is 0. The minimum atomic E-state index is -4.52. The lowest BCUT2D eigenvalue weighted by Gasteiger charge is -2.19. The first kappa shape index (κ1) is 21.3. The average molecular weight is 422 g/mol. The Hall–Kier alpha value is -3.43. The minimum Gasteiger partial charge on any atom is -0.493 e. The van der Waals surface area contributed by atoms with Gasteiger partial charge in [0.2, 0.25) is 0 Å². The number of alkyl halides is 3. The maximum atomic E-state index is 13.1. The summed E-state index contributed by atoms with van der Waals surface area (Å²) in [6.07, 6.45) is -4.52. The Balaban J connectivity index is 2.11. The molecule has 1 atom stereocenters. The topological polar surface area (TPSA) is 91.4 Å². The molecule has 3 N–H and O–H groups in total. The van der Waals surface area contributed by atoms with Crippen LogP contribution in [0.3, 0.4) is 0 Å². The molecular formula is C20H21F3N4O3. The zero-order valence-corrected chi connectivity index (χ0v) is 16.8. The van der Waals surface area contributed by atoms with Gasteiger partial charge in [-0.05, 0) is 42.8 Å². The maximum Gasteiger partial charge on any atom is 0.416 e. The molecule has 7 nitrogen and oxygen atoms in total. The van der Waals surface area contributed by atoms with Crippen LogP contribution < -0.4 is 26.1 Å². The van der Waals surface area contributed by atoms with Crippen LogP contribution in [0.4, 0.5) is 24.7 Å². The highest BCUT2D eigenvalue weighted by Gasteiger charge is 2.31.